The number of esters is 1. The van der Waals surface area contributed by atoms with Crippen LogP contribution < -0.4 is 0 Å². The Morgan fingerprint density at radius 1 is 1.25 bits per heavy atom. The summed E-state index contributed by atoms with van der Waals surface area (Å²) < 4.78 is 31.6. The summed E-state index contributed by atoms with van der Waals surface area (Å²) in [5, 5.41) is 0. The summed E-state index contributed by atoms with van der Waals surface area (Å²) in [6, 6.07) is 6.65. The van der Waals surface area contributed by atoms with E-state index in [0.717, 1.165) is 5.56 Å². The molecule has 1 saturated heterocycles. The second-order valence-electron chi connectivity index (χ2n) is 6.22. The van der Waals surface area contributed by atoms with Crippen LogP contribution in [0.1, 0.15) is 25.3 Å². The molecule has 1 aliphatic heterocycles. The monoisotopic (exact) mass is 353 g/mol. The maximum absolute atomic E-state index is 12.8. The fourth-order valence-corrected chi connectivity index (χ4v) is 4.53. The highest BCUT2D eigenvalue weighted by Gasteiger charge is 2.38. The molecule has 2 unspecified atom stereocenters. The van der Waals surface area contributed by atoms with Gasteiger partial charge in [-0.1, -0.05) is 17.7 Å². The summed E-state index contributed by atoms with van der Waals surface area (Å²) in [5.41, 5.74) is 0.979. The van der Waals surface area contributed by atoms with Crippen molar-refractivity contribution in [3.05, 3.63) is 29.8 Å². The van der Waals surface area contributed by atoms with Crippen LogP contribution in [0, 0.1) is 18.8 Å². The molecule has 0 aliphatic carbocycles. The van der Waals surface area contributed by atoms with E-state index in [1.54, 1.807) is 24.3 Å². The maximum atomic E-state index is 12.8. The molecule has 7 heteroatoms. The van der Waals surface area contributed by atoms with Crippen LogP contribution >= 0.6 is 0 Å². The van der Waals surface area contributed by atoms with Crippen LogP contribution in [0.4, 0.5) is 0 Å². The van der Waals surface area contributed by atoms with Crippen LogP contribution in [0.3, 0.4) is 0 Å². The Labute approximate surface area is 142 Å². The molecular weight excluding hydrogens is 330 g/mol. The van der Waals surface area contributed by atoms with E-state index in [-0.39, 0.29) is 35.5 Å². The second kappa shape index (κ2) is 7.44. The number of benzene rings is 1. The van der Waals surface area contributed by atoms with Crippen molar-refractivity contribution in [2.24, 2.45) is 11.8 Å². The van der Waals surface area contributed by atoms with Crippen LogP contribution in [0.2, 0.25) is 0 Å². The summed E-state index contributed by atoms with van der Waals surface area (Å²) in [5.74, 6) is -1.15. The third-order valence-electron chi connectivity index (χ3n) is 4.56. The number of Topliss-reactive ketones (excluding diaryl/α,β-unsaturated/α-hetero) is 1. The minimum atomic E-state index is -3.64. The molecule has 0 spiro atoms. The number of sulfonamides is 1. The summed E-state index contributed by atoms with van der Waals surface area (Å²) in [6.07, 6.45) is 0.601. The molecule has 24 heavy (non-hydrogen) atoms. The number of ketones is 1. The van der Waals surface area contributed by atoms with Gasteiger partial charge >= 0.3 is 5.97 Å². The Morgan fingerprint density at radius 3 is 2.42 bits per heavy atom. The number of piperidine rings is 1. The molecular formula is C17H23NO5S. The van der Waals surface area contributed by atoms with Crippen LogP contribution in [-0.2, 0) is 24.3 Å². The Hall–Kier alpha value is -1.73. The van der Waals surface area contributed by atoms with Gasteiger partial charge < -0.3 is 4.74 Å². The number of nitrogens with zero attached hydrogens (tertiary/aromatic N) is 1. The molecule has 1 aliphatic rings. The zero-order chi connectivity index (χ0) is 17.9. The van der Waals surface area contributed by atoms with E-state index in [2.05, 4.69) is 4.74 Å². The molecule has 0 saturated carbocycles. The predicted octanol–water partition coefficient (Wildman–Crippen LogP) is 1.77. The van der Waals surface area contributed by atoms with E-state index in [4.69, 9.17) is 0 Å². The minimum Gasteiger partial charge on any atom is -0.469 e. The second-order valence-corrected chi connectivity index (χ2v) is 8.16. The van der Waals surface area contributed by atoms with Gasteiger partial charge in [-0.2, -0.15) is 4.31 Å². The first kappa shape index (κ1) is 18.6. The van der Waals surface area contributed by atoms with E-state index >= 15 is 0 Å². The predicted molar refractivity (Wildman–Crippen MR) is 88.8 cm³/mol. The summed E-state index contributed by atoms with van der Waals surface area (Å²) in [4.78, 5) is 23.7. The van der Waals surface area contributed by atoms with Gasteiger partial charge in [-0.15, -0.1) is 0 Å². The van der Waals surface area contributed by atoms with E-state index in [9.17, 15) is 18.0 Å². The molecule has 0 amide bonds. The fraction of sp³-hybridized carbons (Fsp3) is 0.529. The highest BCUT2D eigenvalue weighted by atomic mass is 32.2. The molecule has 0 aromatic heterocycles. The van der Waals surface area contributed by atoms with E-state index in [1.807, 2.05) is 6.92 Å². The Bertz CT molecular complexity index is 711. The van der Waals surface area contributed by atoms with Crippen molar-refractivity contribution in [2.75, 3.05) is 20.2 Å². The first-order valence-electron chi connectivity index (χ1n) is 7.89. The van der Waals surface area contributed by atoms with Crippen molar-refractivity contribution in [2.45, 2.75) is 31.6 Å². The Morgan fingerprint density at radius 2 is 1.88 bits per heavy atom. The lowest BCUT2D eigenvalue weighted by molar-refractivity contribution is -0.143. The van der Waals surface area contributed by atoms with Gasteiger partial charge in [0.25, 0.3) is 0 Å². The zero-order valence-corrected chi connectivity index (χ0v) is 15.0. The Kier molecular flexibility index (Phi) is 5.77. The average molecular weight is 353 g/mol. The number of ether oxygens (including phenoxy) is 1. The average Bonchev–Trinajstić information content (AvgIpc) is 2.55. The minimum absolute atomic E-state index is 0.104. The molecule has 0 N–H and O–H groups in total. The van der Waals surface area contributed by atoms with Gasteiger partial charge in [-0.3, -0.25) is 9.59 Å². The first-order chi connectivity index (χ1) is 11.3. The van der Waals surface area contributed by atoms with Gasteiger partial charge in [-0.25, -0.2) is 8.42 Å². The maximum Gasteiger partial charge on any atom is 0.305 e. The normalized spacial score (nSPS) is 22.1. The van der Waals surface area contributed by atoms with Crippen LogP contribution in [0.5, 0.6) is 0 Å². The highest BCUT2D eigenvalue weighted by molar-refractivity contribution is 7.89. The molecule has 1 aromatic carbocycles. The van der Waals surface area contributed by atoms with Crippen molar-refractivity contribution in [1.29, 1.82) is 0 Å². The SMILES string of the molecule is COC(=O)CC1CCN(S(=O)(=O)c2ccc(C)cc2)CC1C(C)=O. The van der Waals surface area contributed by atoms with Crippen molar-refractivity contribution < 1.29 is 22.7 Å². The topological polar surface area (TPSA) is 80.8 Å². The molecule has 0 bridgehead atoms. The van der Waals surface area contributed by atoms with E-state index < -0.39 is 15.9 Å². The molecule has 1 heterocycles. The third kappa shape index (κ3) is 4.02. The van der Waals surface area contributed by atoms with Gasteiger partial charge in [0, 0.05) is 25.4 Å². The summed E-state index contributed by atoms with van der Waals surface area (Å²) in [7, 11) is -2.33. The number of hydrogen-bond acceptors (Lipinski definition) is 5. The number of carbonyl (C=O) groups is 2. The number of carbonyl (C=O) groups excluding carboxylic acids is 2. The Balaban J connectivity index is 2.20. The van der Waals surface area contributed by atoms with Crippen LogP contribution in [0.25, 0.3) is 0 Å². The van der Waals surface area contributed by atoms with Crippen molar-refractivity contribution in [1.82, 2.24) is 4.31 Å². The van der Waals surface area contributed by atoms with Gasteiger partial charge in [0.1, 0.15) is 5.78 Å². The largest absolute Gasteiger partial charge is 0.469 e. The lowest BCUT2D eigenvalue weighted by Crippen LogP contribution is -2.46. The zero-order valence-electron chi connectivity index (χ0n) is 14.2. The molecule has 2 atom stereocenters. The third-order valence-corrected chi connectivity index (χ3v) is 6.44. The molecule has 2 rings (SSSR count). The lowest BCUT2D eigenvalue weighted by Gasteiger charge is -2.36. The van der Waals surface area contributed by atoms with Gasteiger partial charge in [0.15, 0.2) is 0 Å². The molecule has 0 radical (unpaired) electrons. The van der Waals surface area contributed by atoms with Crippen molar-refractivity contribution >= 4 is 21.8 Å². The first-order valence-corrected chi connectivity index (χ1v) is 9.33. The van der Waals surface area contributed by atoms with E-state index in [0.29, 0.717) is 13.0 Å². The molecule has 6 nitrogen and oxygen atoms in total. The number of methoxy groups -OCH3 is 1. The molecule has 1 fully saturated rings. The van der Waals surface area contributed by atoms with Crippen molar-refractivity contribution in [3.63, 3.8) is 0 Å². The van der Waals surface area contributed by atoms with Gasteiger partial charge in [-0.05, 0) is 38.3 Å². The van der Waals surface area contributed by atoms with Crippen LogP contribution in [0.15, 0.2) is 29.2 Å². The number of aryl methyl sites for hydroxylation is 1. The number of rotatable bonds is 5. The van der Waals surface area contributed by atoms with E-state index in [1.165, 1.54) is 18.3 Å². The van der Waals surface area contributed by atoms with Gasteiger partial charge in [0.2, 0.25) is 10.0 Å². The summed E-state index contributed by atoms with van der Waals surface area (Å²) >= 11 is 0. The molecule has 1 aromatic rings. The molecule has 132 valence electrons. The lowest BCUT2D eigenvalue weighted by atomic mass is 9.82. The summed E-state index contributed by atoms with van der Waals surface area (Å²) in [6.45, 7) is 3.73. The number of hydrogen-bond donors (Lipinski definition) is 0. The van der Waals surface area contributed by atoms with Gasteiger partial charge in [0.05, 0.1) is 12.0 Å². The van der Waals surface area contributed by atoms with Crippen LogP contribution in [-0.4, -0.2) is 44.7 Å². The quantitative estimate of drug-likeness (QED) is 0.754. The highest BCUT2D eigenvalue weighted by Crippen LogP contribution is 2.31. The standard InChI is InChI=1S/C17H23NO5S/c1-12-4-6-15(7-5-12)24(21,22)18-9-8-14(10-17(20)23-3)16(11-18)13(2)19/h4-7,14,16H,8-11H2,1-3H3. The van der Waals surface area contributed by atoms with Crippen molar-refractivity contribution in [3.8, 4) is 0 Å². The fourth-order valence-electron chi connectivity index (χ4n) is 3.05. The smallest absolute Gasteiger partial charge is 0.305 e.